The van der Waals surface area contributed by atoms with Gasteiger partial charge in [-0.05, 0) is 19.1 Å². The van der Waals surface area contributed by atoms with E-state index < -0.39 is 0 Å². The van der Waals surface area contributed by atoms with Gasteiger partial charge in [0.05, 0.1) is 6.54 Å². The van der Waals surface area contributed by atoms with E-state index in [0.717, 1.165) is 16.7 Å². The molecule has 0 aliphatic carbocycles. The Labute approximate surface area is 93.6 Å². The van der Waals surface area contributed by atoms with Gasteiger partial charge in [-0.25, -0.2) is 4.79 Å². The molecule has 1 aromatic carbocycles. The predicted molar refractivity (Wildman–Crippen MR) is 62.1 cm³/mol. The maximum Gasteiger partial charge on any atom is 0.315 e. The summed E-state index contributed by atoms with van der Waals surface area (Å²) in [6.07, 6.45) is 0. The normalized spacial score (nSPS) is 10.3. The molecule has 4 heteroatoms. The van der Waals surface area contributed by atoms with E-state index in [1.165, 1.54) is 0 Å². The largest absolute Gasteiger partial charge is 0.459 e. The number of benzene rings is 1. The number of fused-ring (bicyclic) bond motifs is 1. The average molecular weight is 218 g/mol. The van der Waals surface area contributed by atoms with Gasteiger partial charge in [-0.15, -0.1) is 0 Å². The minimum atomic E-state index is -0.178. The fraction of sp³-hybridized carbons (Fsp3) is 0.250. The molecule has 2 rings (SSSR count). The van der Waals surface area contributed by atoms with Crippen LogP contribution in [0.15, 0.2) is 34.7 Å². The summed E-state index contributed by atoms with van der Waals surface area (Å²) in [6, 6.07) is 9.52. The van der Waals surface area contributed by atoms with Crippen LogP contribution in [-0.2, 0) is 6.54 Å². The van der Waals surface area contributed by atoms with Crippen LogP contribution in [0.5, 0.6) is 0 Å². The van der Waals surface area contributed by atoms with Gasteiger partial charge in [0, 0.05) is 11.9 Å². The molecule has 0 aliphatic rings. The second-order valence-corrected chi connectivity index (χ2v) is 3.46. The third-order valence-electron chi connectivity index (χ3n) is 2.24. The summed E-state index contributed by atoms with van der Waals surface area (Å²) in [4.78, 5) is 11.2. The van der Waals surface area contributed by atoms with Crippen molar-refractivity contribution in [3.05, 3.63) is 36.1 Å². The van der Waals surface area contributed by atoms with E-state index in [1.54, 1.807) is 0 Å². The smallest absolute Gasteiger partial charge is 0.315 e. The molecule has 84 valence electrons. The Morgan fingerprint density at radius 3 is 2.88 bits per heavy atom. The van der Waals surface area contributed by atoms with E-state index in [1.807, 2.05) is 37.3 Å². The fourth-order valence-electron chi connectivity index (χ4n) is 1.51. The standard InChI is InChI=1S/C12H14N2O2/c1-2-13-12(15)14-8-10-7-9-5-3-4-6-11(9)16-10/h3-7H,2,8H2,1H3,(H2,13,14,15). The lowest BCUT2D eigenvalue weighted by atomic mass is 10.2. The molecule has 0 unspecified atom stereocenters. The maximum absolute atomic E-state index is 11.2. The Kier molecular flexibility index (Phi) is 3.10. The molecule has 0 spiro atoms. The molecule has 0 fully saturated rings. The van der Waals surface area contributed by atoms with Crippen LogP contribution in [0.1, 0.15) is 12.7 Å². The van der Waals surface area contributed by atoms with Crippen LogP contribution in [0.2, 0.25) is 0 Å². The van der Waals surface area contributed by atoms with Crippen LogP contribution < -0.4 is 10.6 Å². The van der Waals surface area contributed by atoms with Crippen molar-refractivity contribution in [1.82, 2.24) is 10.6 Å². The molecule has 0 saturated carbocycles. The van der Waals surface area contributed by atoms with Crippen LogP contribution in [0.4, 0.5) is 4.79 Å². The van der Waals surface area contributed by atoms with Gasteiger partial charge < -0.3 is 15.1 Å². The Morgan fingerprint density at radius 1 is 1.31 bits per heavy atom. The number of amides is 2. The Hall–Kier alpha value is -1.97. The van der Waals surface area contributed by atoms with E-state index in [-0.39, 0.29) is 6.03 Å². The second kappa shape index (κ2) is 4.70. The second-order valence-electron chi connectivity index (χ2n) is 3.46. The van der Waals surface area contributed by atoms with Crippen molar-refractivity contribution in [2.24, 2.45) is 0 Å². The molecule has 16 heavy (non-hydrogen) atoms. The van der Waals surface area contributed by atoms with Crippen molar-refractivity contribution >= 4 is 17.0 Å². The van der Waals surface area contributed by atoms with Crippen molar-refractivity contribution in [1.29, 1.82) is 0 Å². The Balaban J connectivity index is 2.02. The fourth-order valence-corrected chi connectivity index (χ4v) is 1.51. The van der Waals surface area contributed by atoms with Gasteiger partial charge in [0.15, 0.2) is 0 Å². The minimum absolute atomic E-state index is 0.178. The summed E-state index contributed by atoms with van der Waals surface area (Å²) in [6.45, 7) is 2.90. The van der Waals surface area contributed by atoms with Crippen molar-refractivity contribution < 1.29 is 9.21 Å². The highest BCUT2D eigenvalue weighted by molar-refractivity contribution is 5.78. The molecule has 0 atom stereocenters. The first kappa shape index (κ1) is 10.5. The predicted octanol–water partition coefficient (Wildman–Crippen LogP) is 2.25. The summed E-state index contributed by atoms with van der Waals surface area (Å²) >= 11 is 0. The third-order valence-corrected chi connectivity index (χ3v) is 2.24. The number of hydrogen-bond donors (Lipinski definition) is 2. The van der Waals surface area contributed by atoms with E-state index >= 15 is 0 Å². The lowest BCUT2D eigenvalue weighted by Crippen LogP contribution is -2.34. The maximum atomic E-state index is 11.2. The average Bonchev–Trinajstić information content (AvgIpc) is 2.69. The molecular weight excluding hydrogens is 204 g/mol. The molecule has 1 heterocycles. The summed E-state index contributed by atoms with van der Waals surface area (Å²) in [5.74, 6) is 0.757. The molecule has 2 N–H and O–H groups in total. The molecule has 2 amide bonds. The van der Waals surface area contributed by atoms with Gasteiger partial charge >= 0.3 is 6.03 Å². The highest BCUT2D eigenvalue weighted by Crippen LogP contribution is 2.18. The van der Waals surface area contributed by atoms with Crippen LogP contribution in [-0.4, -0.2) is 12.6 Å². The third kappa shape index (κ3) is 2.34. The number of carbonyl (C=O) groups excluding carboxylic acids is 1. The molecule has 4 nitrogen and oxygen atoms in total. The first-order valence-electron chi connectivity index (χ1n) is 5.28. The van der Waals surface area contributed by atoms with E-state index in [4.69, 9.17) is 4.42 Å². The van der Waals surface area contributed by atoms with Gasteiger partial charge in [0.1, 0.15) is 11.3 Å². The Bertz CT molecular complexity index is 457. The lowest BCUT2D eigenvalue weighted by molar-refractivity contribution is 0.240. The number of nitrogens with one attached hydrogen (secondary N) is 2. The van der Waals surface area contributed by atoms with Crippen LogP contribution in [0, 0.1) is 0 Å². The molecule has 0 bridgehead atoms. The quantitative estimate of drug-likeness (QED) is 0.830. The summed E-state index contributed by atoms with van der Waals surface area (Å²) in [5.41, 5.74) is 0.843. The summed E-state index contributed by atoms with van der Waals surface area (Å²) in [5, 5.41) is 6.43. The van der Waals surface area contributed by atoms with Crippen molar-refractivity contribution in [2.45, 2.75) is 13.5 Å². The van der Waals surface area contributed by atoms with Gasteiger partial charge in [0.25, 0.3) is 0 Å². The van der Waals surface area contributed by atoms with Crippen molar-refractivity contribution in [3.63, 3.8) is 0 Å². The van der Waals surface area contributed by atoms with Gasteiger partial charge in [-0.1, -0.05) is 18.2 Å². The number of furan rings is 1. The monoisotopic (exact) mass is 218 g/mol. The first-order valence-corrected chi connectivity index (χ1v) is 5.28. The van der Waals surface area contributed by atoms with Crippen molar-refractivity contribution in [2.75, 3.05) is 6.54 Å². The number of hydrogen-bond acceptors (Lipinski definition) is 2. The number of rotatable bonds is 3. The summed E-state index contributed by atoms with van der Waals surface area (Å²) in [7, 11) is 0. The van der Waals surface area contributed by atoms with Gasteiger partial charge in [-0.2, -0.15) is 0 Å². The lowest BCUT2D eigenvalue weighted by Gasteiger charge is -2.02. The Morgan fingerprint density at radius 2 is 2.12 bits per heavy atom. The van der Waals surface area contributed by atoms with E-state index in [2.05, 4.69) is 10.6 Å². The zero-order valence-corrected chi connectivity index (χ0v) is 9.12. The molecule has 0 radical (unpaired) electrons. The van der Waals surface area contributed by atoms with Crippen LogP contribution in [0.3, 0.4) is 0 Å². The van der Waals surface area contributed by atoms with E-state index in [0.29, 0.717) is 13.1 Å². The highest BCUT2D eigenvalue weighted by atomic mass is 16.3. The van der Waals surface area contributed by atoms with Crippen LogP contribution in [0.25, 0.3) is 11.0 Å². The molecule has 0 aliphatic heterocycles. The number of urea groups is 1. The van der Waals surface area contributed by atoms with Gasteiger partial charge in [0.2, 0.25) is 0 Å². The van der Waals surface area contributed by atoms with Crippen molar-refractivity contribution in [3.8, 4) is 0 Å². The SMILES string of the molecule is CCNC(=O)NCc1cc2ccccc2o1. The number of para-hydroxylation sites is 1. The molecule has 1 aromatic heterocycles. The zero-order chi connectivity index (χ0) is 11.4. The molecule has 0 saturated heterocycles. The number of carbonyl (C=O) groups is 1. The minimum Gasteiger partial charge on any atom is -0.459 e. The van der Waals surface area contributed by atoms with Gasteiger partial charge in [-0.3, -0.25) is 0 Å². The topological polar surface area (TPSA) is 54.3 Å². The first-order chi connectivity index (χ1) is 7.79. The van der Waals surface area contributed by atoms with E-state index in [9.17, 15) is 4.79 Å². The molecule has 2 aromatic rings. The zero-order valence-electron chi connectivity index (χ0n) is 9.12. The highest BCUT2D eigenvalue weighted by Gasteiger charge is 2.04. The summed E-state index contributed by atoms with van der Waals surface area (Å²) < 4.78 is 5.55. The molecular formula is C12H14N2O2. The van der Waals surface area contributed by atoms with Crippen LogP contribution >= 0.6 is 0 Å².